The third-order valence-electron chi connectivity index (χ3n) is 2.64. The highest BCUT2D eigenvalue weighted by atomic mass is 16.5. The number of allylic oxidation sites excluding steroid dienone is 1. The molecule has 0 amide bonds. The lowest BCUT2D eigenvalue weighted by Gasteiger charge is -2.08. The monoisotopic (exact) mass is 188 g/mol. The van der Waals surface area contributed by atoms with Gasteiger partial charge in [0.15, 0.2) is 0 Å². The molecule has 0 saturated carbocycles. The number of para-hydroxylation sites is 1. The van der Waals surface area contributed by atoms with Gasteiger partial charge in [-0.2, -0.15) is 0 Å². The van der Waals surface area contributed by atoms with Gasteiger partial charge in [0.05, 0.1) is 0 Å². The Morgan fingerprint density at radius 2 is 2.14 bits per heavy atom. The van der Waals surface area contributed by atoms with Gasteiger partial charge in [0.25, 0.3) is 0 Å². The molecule has 0 bridgehead atoms. The van der Waals surface area contributed by atoms with Crippen LogP contribution in [-0.2, 0) is 0 Å². The van der Waals surface area contributed by atoms with Gasteiger partial charge in [0.1, 0.15) is 12.4 Å². The fourth-order valence-corrected chi connectivity index (χ4v) is 1.76. The highest BCUT2D eigenvalue weighted by molar-refractivity contribution is 5.32. The summed E-state index contributed by atoms with van der Waals surface area (Å²) in [6.07, 6.45) is 6.04. The molecule has 14 heavy (non-hydrogen) atoms. The van der Waals surface area contributed by atoms with Gasteiger partial charge in [-0.1, -0.05) is 24.3 Å². The maximum atomic E-state index is 5.75. The first-order chi connectivity index (χ1) is 6.86. The van der Waals surface area contributed by atoms with Gasteiger partial charge >= 0.3 is 0 Å². The summed E-state index contributed by atoms with van der Waals surface area (Å²) in [6.45, 7) is 2.85. The predicted molar refractivity (Wildman–Crippen MR) is 58.6 cm³/mol. The molecule has 0 fully saturated rings. The normalized spacial score (nSPS) is 15.4. The summed E-state index contributed by atoms with van der Waals surface area (Å²) in [5.41, 5.74) is 2.67. The van der Waals surface area contributed by atoms with E-state index in [1.165, 1.54) is 30.4 Å². The molecule has 74 valence electrons. The first-order valence-electron chi connectivity index (χ1n) is 5.22. The van der Waals surface area contributed by atoms with Crippen molar-refractivity contribution in [2.45, 2.75) is 26.2 Å². The van der Waals surface area contributed by atoms with Gasteiger partial charge in [-0.3, -0.25) is 0 Å². The van der Waals surface area contributed by atoms with Gasteiger partial charge < -0.3 is 4.74 Å². The molecular formula is C13H16O. The average molecular weight is 188 g/mol. The van der Waals surface area contributed by atoms with Crippen LogP contribution in [-0.4, -0.2) is 6.61 Å². The first-order valence-corrected chi connectivity index (χ1v) is 5.22. The number of hydrogen-bond acceptors (Lipinski definition) is 1. The van der Waals surface area contributed by atoms with Crippen LogP contribution in [0.25, 0.3) is 0 Å². The van der Waals surface area contributed by atoms with Crippen LogP contribution in [0, 0.1) is 6.92 Å². The van der Waals surface area contributed by atoms with Crippen LogP contribution in [0.3, 0.4) is 0 Å². The Morgan fingerprint density at radius 1 is 1.29 bits per heavy atom. The number of benzene rings is 1. The summed E-state index contributed by atoms with van der Waals surface area (Å²) >= 11 is 0. The Kier molecular flexibility index (Phi) is 2.87. The van der Waals surface area contributed by atoms with E-state index in [4.69, 9.17) is 4.74 Å². The summed E-state index contributed by atoms with van der Waals surface area (Å²) in [5.74, 6) is 1.01. The highest BCUT2D eigenvalue weighted by Crippen LogP contribution is 2.21. The molecule has 1 aliphatic carbocycles. The van der Waals surface area contributed by atoms with Crippen molar-refractivity contribution in [2.75, 3.05) is 6.61 Å². The van der Waals surface area contributed by atoms with E-state index in [2.05, 4.69) is 19.1 Å². The van der Waals surface area contributed by atoms with E-state index in [0.717, 1.165) is 12.4 Å². The Balaban J connectivity index is 1.94. The second-order valence-electron chi connectivity index (χ2n) is 3.81. The predicted octanol–water partition coefficient (Wildman–Crippen LogP) is 3.48. The molecule has 0 radical (unpaired) electrons. The molecule has 0 N–H and O–H groups in total. The molecular weight excluding hydrogens is 172 g/mol. The molecule has 0 spiro atoms. The fourth-order valence-electron chi connectivity index (χ4n) is 1.76. The van der Waals surface area contributed by atoms with Crippen molar-refractivity contribution in [3.8, 4) is 5.75 Å². The number of aryl methyl sites for hydroxylation is 1. The lowest BCUT2D eigenvalue weighted by molar-refractivity contribution is 0.346. The molecule has 0 atom stereocenters. The second-order valence-corrected chi connectivity index (χ2v) is 3.81. The van der Waals surface area contributed by atoms with Crippen molar-refractivity contribution < 1.29 is 4.74 Å². The standard InChI is InChI=1S/C13H16O/c1-11-6-2-5-9-13(11)14-10-12-7-3-4-8-12/h2,5-7,9H,3-4,8,10H2,1H3. The average Bonchev–Trinajstić information content (AvgIpc) is 2.69. The molecule has 1 aromatic rings. The lowest BCUT2D eigenvalue weighted by atomic mass is 10.2. The van der Waals surface area contributed by atoms with Gasteiger partial charge in [0, 0.05) is 0 Å². The van der Waals surface area contributed by atoms with E-state index in [9.17, 15) is 0 Å². The summed E-state index contributed by atoms with van der Waals surface area (Å²) in [6, 6.07) is 8.17. The third-order valence-corrected chi connectivity index (χ3v) is 2.64. The zero-order valence-electron chi connectivity index (χ0n) is 8.62. The Hall–Kier alpha value is -1.24. The zero-order valence-corrected chi connectivity index (χ0v) is 8.62. The summed E-state index contributed by atoms with van der Waals surface area (Å²) < 4.78 is 5.75. The second kappa shape index (κ2) is 4.32. The van der Waals surface area contributed by atoms with Crippen molar-refractivity contribution in [2.24, 2.45) is 0 Å². The van der Waals surface area contributed by atoms with Crippen molar-refractivity contribution in [3.63, 3.8) is 0 Å². The van der Waals surface area contributed by atoms with Crippen LogP contribution in [0.2, 0.25) is 0 Å². The minimum Gasteiger partial charge on any atom is -0.489 e. The fraction of sp³-hybridized carbons (Fsp3) is 0.385. The van der Waals surface area contributed by atoms with Crippen molar-refractivity contribution in [1.82, 2.24) is 0 Å². The molecule has 2 rings (SSSR count). The van der Waals surface area contributed by atoms with Crippen LogP contribution in [0.15, 0.2) is 35.9 Å². The minimum atomic E-state index is 0.769. The number of rotatable bonds is 3. The van der Waals surface area contributed by atoms with Crippen LogP contribution < -0.4 is 4.74 Å². The van der Waals surface area contributed by atoms with Gasteiger partial charge in [-0.15, -0.1) is 0 Å². The molecule has 1 aromatic carbocycles. The molecule has 0 unspecified atom stereocenters. The van der Waals surface area contributed by atoms with Crippen molar-refractivity contribution >= 4 is 0 Å². The third kappa shape index (κ3) is 2.16. The SMILES string of the molecule is Cc1ccccc1OCC1=CCCC1. The summed E-state index contributed by atoms with van der Waals surface area (Å²) in [5, 5.41) is 0. The van der Waals surface area contributed by atoms with E-state index in [1.54, 1.807) is 0 Å². The van der Waals surface area contributed by atoms with E-state index in [0.29, 0.717) is 0 Å². The lowest BCUT2D eigenvalue weighted by Crippen LogP contribution is -2.00. The van der Waals surface area contributed by atoms with E-state index >= 15 is 0 Å². The topological polar surface area (TPSA) is 9.23 Å². The maximum Gasteiger partial charge on any atom is 0.122 e. The quantitative estimate of drug-likeness (QED) is 0.660. The van der Waals surface area contributed by atoms with Crippen LogP contribution in [0.4, 0.5) is 0 Å². The van der Waals surface area contributed by atoms with Crippen molar-refractivity contribution in [3.05, 3.63) is 41.5 Å². The Labute approximate surface area is 85.4 Å². The number of ether oxygens (including phenoxy) is 1. The van der Waals surface area contributed by atoms with Crippen LogP contribution in [0.5, 0.6) is 5.75 Å². The minimum absolute atomic E-state index is 0.769. The molecule has 0 saturated heterocycles. The molecule has 0 aliphatic heterocycles. The van der Waals surface area contributed by atoms with E-state index < -0.39 is 0 Å². The zero-order chi connectivity index (χ0) is 9.80. The Morgan fingerprint density at radius 3 is 2.86 bits per heavy atom. The molecule has 1 nitrogen and oxygen atoms in total. The molecule has 0 heterocycles. The first kappa shape index (κ1) is 9.32. The van der Waals surface area contributed by atoms with Gasteiger partial charge in [-0.05, 0) is 43.4 Å². The maximum absolute atomic E-state index is 5.75. The van der Waals surface area contributed by atoms with E-state index in [1.807, 2.05) is 18.2 Å². The number of hydrogen-bond donors (Lipinski definition) is 0. The van der Waals surface area contributed by atoms with Crippen LogP contribution in [0.1, 0.15) is 24.8 Å². The van der Waals surface area contributed by atoms with Crippen molar-refractivity contribution in [1.29, 1.82) is 0 Å². The largest absolute Gasteiger partial charge is 0.489 e. The highest BCUT2D eigenvalue weighted by Gasteiger charge is 2.05. The van der Waals surface area contributed by atoms with Gasteiger partial charge in [0.2, 0.25) is 0 Å². The molecule has 1 heteroatoms. The Bertz CT molecular complexity index is 339. The van der Waals surface area contributed by atoms with Gasteiger partial charge in [-0.25, -0.2) is 0 Å². The molecule has 1 aliphatic rings. The summed E-state index contributed by atoms with van der Waals surface area (Å²) in [7, 11) is 0. The van der Waals surface area contributed by atoms with Crippen LogP contribution >= 0.6 is 0 Å². The van der Waals surface area contributed by atoms with E-state index in [-0.39, 0.29) is 0 Å². The smallest absolute Gasteiger partial charge is 0.122 e. The molecule has 0 aromatic heterocycles. The summed E-state index contributed by atoms with van der Waals surface area (Å²) in [4.78, 5) is 0.